The Bertz CT molecular complexity index is 1140. The minimum Gasteiger partial charge on any atom is -0.389 e. The van der Waals surface area contributed by atoms with Crippen LogP contribution in [0.15, 0.2) is 41.4 Å². The Labute approximate surface area is 208 Å². The van der Waals surface area contributed by atoms with Crippen molar-refractivity contribution in [2.24, 2.45) is 7.05 Å². The van der Waals surface area contributed by atoms with E-state index in [0.717, 1.165) is 5.56 Å². The number of ether oxygens (including phenoxy) is 1. The molecule has 3 N–H and O–H groups in total. The van der Waals surface area contributed by atoms with E-state index < -0.39 is 33.4 Å². The summed E-state index contributed by atoms with van der Waals surface area (Å²) in [6.45, 7) is 3.36. The summed E-state index contributed by atoms with van der Waals surface area (Å²) in [5.41, 5.74) is -0.388. The molecule has 0 spiro atoms. The molecule has 9 nitrogen and oxygen atoms in total. The van der Waals surface area contributed by atoms with Gasteiger partial charge in [0.25, 0.3) is 0 Å². The molecule has 0 radical (unpaired) electrons. The Morgan fingerprint density at radius 1 is 1.29 bits per heavy atom. The number of aryl methyl sites for hydroxylation is 2. The van der Waals surface area contributed by atoms with Crippen molar-refractivity contribution in [3.05, 3.63) is 47.8 Å². The van der Waals surface area contributed by atoms with Crippen LogP contribution >= 0.6 is 0 Å². The van der Waals surface area contributed by atoms with Crippen LogP contribution in [-0.4, -0.2) is 83.4 Å². The van der Waals surface area contributed by atoms with Crippen LogP contribution < -0.4 is 4.72 Å². The van der Waals surface area contributed by atoms with Gasteiger partial charge in [-0.3, -0.25) is 4.68 Å². The van der Waals surface area contributed by atoms with Crippen LogP contribution in [0.25, 0.3) is 0 Å². The molecule has 2 saturated heterocycles. The normalized spacial score (nSPS) is 32.4. The molecule has 35 heavy (non-hydrogen) atoms. The van der Waals surface area contributed by atoms with Gasteiger partial charge >= 0.3 is 0 Å². The summed E-state index contributed by atoms with van der Waals surface area (Å²) in [7, 11) is 1.68. The first-order valence-corrected chi connectivity index (χ1v) is 13.6. The predicted molar refractivity (Wildman–Crippen MR) is 132 cm³/mol. The van der Waals surface area contributed by atoms with E-state index in [9.17, 15) is 18.6 Å². The summed E-state index contributed by atoms with van der Waals surface area (Å²) in [6, 6.07) is 9.93. The van der Waals surface area contributed by atoms with Crippen LogP contribution in [0.2, 0.25) is 0 Å². The van der Waals surface area contributed by atoms with E-state index in [0.29, 0.717) is 31.4 Å². The highest BCUT2D eigenvalue weighted by Gasteiger charge is 2.57. The number of aliphatic hydroxyl groups is 2. The first-order chi connectivity index (χ1) is 16.4. The standard InChI is InChI=1S/C25H38N4O5S/c1-17-21(16-29(5)27-17)35(32,33)26-15-22(30)25-12-11-20(28(3)4)23(31)24(2,34-25)13-19(14-25)18-9-7-6-8-10-18/h6-10,16,19-20,22-23,26,30-31H,11-15H2,1-5H3/t19-,20-,22+,23+,24+,25+/m1/s1. The van der Waals surface area contributed by atoms with E-state index in [1.807, 2.05) is 44.1 Å². The second-order valence-corrected chi connectivity index (χ2v) is 12.4. The van der Waals surface area contributed by atoms with Crippen molar-refractivity contribution < 1.29 is 23.4 Å². The van der Waals surface area contributed by atoms with E-state index in [1.54, 1.807) is 14.0 Å². The lowest BCUT2D eigenvalue weighted by atomic mass is 9.72. The average molecular weight is 507 g/mol. The molecule has 2 aliphatic rings. The number of aromatic nitrogens is 2. The van der Waals surface area contributed by atoms with E-state index in [1.165, 1.54) is 10.9 Å². The number of hydrogen-bond donors (Lipinski definition) is 3. The summed E-state index contributed by atoms with van der Waals surface area (Å²) >= 11 is 0. The molecule has 0 saturated carbocycles. The zero-order valence-electron chi connectivity index (χ0n) is 21.2. The lowest BCUT2D eigenvalue weighted by Gasteiger charge is -2.52. The highest BCUT2D eigenvalue weighted by molar-refractivity contribution is 7.89. The van der Waals surface area contributed by atoms with E-state index in [-0.39, 0.29) is 23.4 Å². The minimum absolute atomic E-state index is 0.0531. The van der Waals surface area contributed by atoms with E-state index >= 15 is 0 Å². The second kappa shape index (κ2) is 9.57. The quantitative estimate of drug-likeness (QED) is 0.522. The van der Waals surface area contributed by atoms with E-state index in [4.69, 9.17) is 4.74 Å². The Hall–Kier alpha value is -1.82. The largest absolute Gasteiger partial charge is 0.389 e. The summed E-state index contributed by atoms with van der Waals surface area (Å²) in [5.74, 6) is 0.0531. The molecule has 2 aliphatic heterocycles. The van der Waals surface area contributed by atoms with Crippen molar-refractivity contribution in [3.63, 3.8) is 0 Å². The van der Waals surface area contributed by atoms with Gasteiger partial charge in [-0.25, -0.2) is 13.1 Å². The third-order valence-corrected chi connectivity index (χ3v) is 9.33. The van der Waals surface area contributed by atoms with Gasteiger partial charge < -0.3 is 19.8 Å². The van der Waals surface area contributed by atoms with Gasteiger partial charge in [-0.2, -0.15) is 5.10 Å². The molecule has 0 amide bonds. The zero-order chi connectivity index (χ0) is 25.6. The Kier molecular flexibility index (Phi) is 7.18. The van der Waals surface area contributed by atoms with Crippen LogP contribution in [-0.2, 0) is 21.8 Å². The van der Waals surface area contributed by atoms with Gasteiger partial charge in [-0.05, 0) is 65.1 Å². The Morgan fingerprint density at radius 2 is 1.97 bits per heavy atom. The summed E-state index contributed by atoms with van der Waals surface area (Å²) < 4.78 is 36.6. The van der Waals surface area contributed by atoms with Gasteiger partial charge in [0, 0.05) is 25.8 Å². The molecule has 3 heterocycles. The molecular formula is C25H38N4O5S. The SMILES string of the molecule is Cc1nn(C)cc1S(=O)(=O)NC[C@H](O)[C@]12CC[C@@H](N(C)C)[C@H](O)[C@](C)(C[C@@H](c3ccccc3)C1)O2. The molecule has 194 valence electrons. The summed E-state index contributed by atoms with van der Waals surface area (Å²) in [4.78, 5) is 2.09. The number of nitrogens with one attached hydrogen (secondary N) is 1. The van der Waals surface area contributed by atoms with Crippen molar-refractivity contribution in [2.45, 2.75) is 79.8 Å². The lowest BCUT2D eigenvalue weighted by Crippen LogP contribution is -2.61. The maximum atomic E-state index is 13.0. The highest BCUT2D eigenvalue weighted by Crippen LogP contribution is 2.51. The zero-order valence-corrected chi connectivity index (χ0v) is 22.0. The molecule has 6 atom stereocenters. The molecule has 2 aromatic rings. The van der Waals surface area contributed by atoms with Gasteiger partial charge in [-0.15, -0.1) is 0 Å². The maximum absolute atomic E-state index is 13.0. The van der Waals surface area contributed by atoms with Gasteiger partial charge in [0.05, 0.1) is 29.1 Å². The predicted octanol–water partition coefficient (Wildman–Crippen LogP) is 1.54. The first kappa shape index (κ1) is 26.2. The fourth-order valence-corrected chi connectivity index (χ4v) is 7.24. The maximum Gasteiger partial charge on any atom is 0.244 e. The minimum atomic E-state index is -3.87. The third kappa shape index (κ3) is 5.05. The van der Waals surface area contributed by atoms with Gasteiger partial charge in [-0.1, -0.05) is 30.3 Å². The molecule has 0 aliphatic carbocycles. The molecule has 2 fully saturated rings. The smallest absolute Gasteiger partial charge is 0.244 e. The van der Waals surface area contributed by atoms with Crippen LogP contribution in [0, 0.1) is 6.92 Å². The van der Waals surface area contributed by atoms with Crippen LogP contribution in [0.3, 0.4) is 0 Å². The van der Waals surface area contributed by atoms with Crippen LogP contribution in [0.1, 0.15) is 49.8 Å². The molecule has 1 aromatic carbocycles. The summed E-state index contributed by atoms with van der Waals surface area (Å²) in [6.07, 6.45) is 1.86. The van der Waals surface area contributed by atoms with Gasteiger partial charge in [0.1, 0.15) is 4.90 Å². The number of likely N-dealkylation sites (N-methyl/N-ethyl adjacent to an activating group) is 1. The molecule has 2 bridgehead atoms. The Morgan fingerprint density at radius 3 is 2.57 bits per heavy atom. The number of nitrogens with zero attached hydrogens (tertiary/aromatic N) is 3. The molecular weight excluding hydrogens is 468 g/mol. The van der Waals surface area contributed by atoms with Crippen LogP contribution in [0.5, 0.6) is 0 Å². The third-order valence-electron chi connectivity index (χ3n) is 7.80. The number of hydrogen-bond acceptors (Lipinski definition) is 7. The van der Waals surface area contributed by atoms with Crippen LogP contribution in [0.4, 0.5) is 0 Å². The number of benzene rings is 1. The van der Waals surface area contributed by atoms with Crippen molar-refractivity contribution in [3.8, 4) is 0 Å². The molecule has 1 aromatic heterocycles. The molecule has 4 rings (SSSR count). The van der Waals surface area contributed by atoms with Crippen molar-refractivity contribution in [1.29, 1.82) is 0 Å². The van der Waals surface area contributed by atoms with Gasteiger partial charge in [0.15, 0.2) is 0 Å². The average Bonchev–Trinajstić information content (AvgIpc) is 3.12. The van der Waals surface area contributed by atoms with Crippen molar-refractivity contribution in [1.82, 2.24) is 19.4 Å². The molecule has 0 unspecified atom stereocenters. The van der Waals surface area contributed by atoms with E-state index in [2.05, 4.69) is 22.0 Å². The monoisotopic (exact) mass is 506 g/mol. The second-order valence-electron chi connectivity index (χ2n) is 10.6. The number of aliphatic hydroxyl groups excluding tert-OH is 2. The lowest BCUT2D eigenvalue weighted by molar-refractivity contribution is -0.250. The first-order valence-electron chi connectivity index (χ1n) is 12.1. The topological polar surface area (TPSA) is 117 Å². The van der Waals surface area contributed by atoms with Gasteiger partial charge in [0.2, 0.25) is 10.0 Å². The fraction of sp³-hybridized carbons (Fsp3) is 0.640. The van der Waals surface area contributed by atoms with Crippen molar-refractivity contribution >= 4 is 10.0 Å². The summed E-state index contributed by atoms with van der Waals surface area (Å²) in [5, 5.41) is 27.0. The Balaban J connectivity index is 1.65. The molecule has 10 heteroatoms. The number of fused-ring (bicyclic) bond motifs is 2. The van der Waals surface area contributed by atoms with Crippen molar-refractivity contribution in [2.75, 3.05) is 20.6 Å². The number of sulfonamides is 1. The number of rotatable bonds is 7. The fourth-order valence-electron chi connectivity index (χ4n) is 5.98. The highest BCUT2D eigenvalue weighted by atomic mass is 32.2.